The number of rotatable bonds is 4. The monoisotopic (exact) mass is 259 g/mol. The van der Waals surface area contributed by atoms with Gasteiger partial charge in [-0.2, -0.15) is 0 Å². The molecule has 98 valence electrons. The van der Waals surface area contributed by atoms with Crippen LogP contribution in [0.15, 0.2) is 36.5 Å². The Kier molecular flexibility index (Phi) is 3.72. The quantitative estimate of drug-likeness (QED) is 0.673. The molecule has 0 saturated carbocycles. The maximum atomic E-state index is 10.8. The molecule has 0 atom stereocenters. The van der Waals surface area contributed by atoms with Crippen molar-refractivity contribution in [3.05, 3.63) is 57.8 Å². The molecule has 6 heteroatoms. The van der Waals surface area contributed by atoms with Gasteiger partial charge >= 0.3 is 0 Å². The maximum absolute atomic E-state index is 10.8. The average Bonchev–Trinajstić information content (AvgIpc) is 2.41. The van der Waals surface area contributed by atoms with Crippen LogP contribution in [0.3, 0.4) is 0 Å². The highest BCUT2D eigenvalue weighted by Crippen LogP contribution is 2.25. The lowest BCUT2D eigenvalue weighted by atomic mass is 10.2. The van der Waals surface area contributed by atoms with E-state index in [9.17, 15) is 10.1 Å². The third-order valence-electron chi connectivity index (χ3n) is 2.63. The molecule has 1 aromatic heterocycles. The van der Waals surface area contributed by atoms with Gasteiger partial charge in [0.05, 0.1) is 11.0 Å². The van der Waals surface area contributed by atoms with Crippen LogP contribution >= 0.6 is 0 Å². The molecule has 0 amide bonds. The number of nitrogens with two attached hydrogens (primary N) is 1. The number of hydrogen-bond donors (Lipinski definition) is 1. The zero-order valence-corrected chi connectivity index (χ0v) is 10.4. The van der Waals surface area contributed by atoms with Crippen molar-refractivity contribution in [2.45, 2.75) is 13.5 Å². The van der Waals surface area contributed by atoms with Crippen LogP contribution in [-0.2, 0) is 6.54 Å². The van der Waals surface area contributed by atoms with Crippen molar-refractivity contribution < 1.29 is 9.66 Å². The first-order valence-corrected chi connectivity index (χ1v) is 5.68. The summed E-state index contributed by atoms with van der Waals surface area (Å²) in [7, 11) is 0. The zero-order valence-electron chi connectivity index (χ0n) is 10.4. The summed E-state index contributed by atoms with van der Waals surface area (Å²) in [5, 5.41) is 10.8. The molecule has 6 nitrogen and oxygen atoms in total. The molecule has 19 heavy (non-hydrogen) atoms. The predicted molar refractivity (Wildman–Crippen MR) is 70.0 cm³/mol. The lowest BCUT2D eigenvalue weighted by Crippen LogP contribution is -1.97. The van der Waals surface area contributed by atoms with E-state index in [4.69, 9.17) is 10.5 Å². The minimum atomic E-state index is -0.457. The van der Waals surface area contributed by atoms with Gasteiger partial charge in [0.25, 0.3) is 5.69 Å². The Morgan fingerprint density at radius 3 is 2.63 bits per heavy atom. The normalized spacial score (nSPS) is 10.2. The van der Waals surface area contributed by atoms with Crippen molar-refractivity contribution in [1.29, 1.82) is 0 Å². The fourth-order valence-electron chi connectivity index (χ4n) is 1.56. The molecule has 2 N–H and O–H groups in total. The molecule has 0 fully saturated rings. The summed E-state index contributed by atoms with van der Waals surface area (Å²) in [5.74, 6) is 0.751. The van der Waals surface area contributed by atoms with Crippen molar-refractivity contribution in [3.63, 3.8) is 0 Å². The highest BCUT2D eigenvalue weighted by atomic mass is 16.6. The van der Waals surface area contributed by atoms with Crippen LogP contribution < -0.4 is 10.5 Å². The van der Waals surface area contributed by atoms with Crippen LogP contribution in [-0.4, -0.2) is 9.91 Å². The minimum Gasteiger partial charge on any atom is -0.439 e. The molecular formula is C13H13N3O3. The highest BCUT2D eigenvalue weighted by Gasteiger charge is 2.13. The molecule has 0 spiro atoms. The van der Waals surface area contributed by atoms with Crippen molar-refractivity contribution >= 4 is 5.69 Å². The minimum absolute atomic E-state index is 0.0106. The van der Waals surface area contributed by atoms with E-state index < -0.39 is 4.92 Å². The fraction of sp³-hybridized carbons (Fsp3) is 0.154. The summed E-state index contributed by atoms with van der Waals surface area (Å²) in [4.78, 5) is 14.4. The third-order valence-corrected chi connectivity index (χ3v) is 2.63. The number of benzene rings is 1. The standard InChI is InChI=1S/C13H13N3O3/c1-9-8-15-13(6-12(9)16(17)18)19-11-4-2-10(7-14)3-5-11/h2-6,8H,7,14H2,1H3. The van der Waals surface area contributed by atoms with Crippen LogP contribution in [0.1, 0.15) is 11.1 Å². The molecule has 0 radical (unpaired) electrons. The number of aryl methyl sites for hydroxylation is 1. The number of nitrogens with zero attached hydrogens (tertiary/aromatic N) is 2. The first-order chi connectivity index (χ1) is 9.10. The lowest BCUT2D eigenvalue weighted by molar-refractivity contribution is -0.385. The molecule has 0 aliphatic heterocycles. The summed E-state index contributed by atoms with van der Waals surface area (Å²) in [6.07, 6.45) is 1.42. The maximum Gasteiger partial charge on any atom is 0.279 e. The average molecular weight is 259 g/mol. The molecule has 0 aliphatic carbocycles. The van der Waals surface area contributed by atoms with Crippen LogP contribution in [0.2, 0.25) is 0 Å². The summed E-state index contributed by atoms with van der Waals surface area (Å²) >= 11 is 0. The van der Waals surface area contributed by atoms with Crippen LogP contribution in [0, 0.1) is 17.0 Å². The Morgan fingerprint density at radius 1 is 1.37 bits per heavy atom. The molecule has 0 saturated heterocycles. The molecule has 2 aromatic rings. The van der Waals surface area contributed by atoms with E-state index in [0.29, 0.717) is 17.9 Å². The summed E-state index contributed by atoms with van der Waals surface area (Å²) in [6.45, 7) is 2.08. The third kappa shape index (κ3) is 3.05. The number of pyridine rings is 1. The van der Waals surface area contributed by atoms with Gasteiger partial charge in [0, 0.05) is 18.3 Å². The number of ether oxygens (including phenoxy) is 1. The van der Waals surface area contributed by atoms with Crippen molar-refractivity contribution in [1.82, 2.24) is 4.98 Å². The summed E-state index contributed by atoms with van der Waals surface area (Å²) in [5.41, 5.74) is 6.96. The summed E-state index contributed by atoms with van der Waals surface area (Å²) < 4.78 is 5.47. The Morgan fingerprint density at radius 2 is 2.05 bits per heavy atom. The Hall–Kier alpha value is -2.47. The van der Waals surface area contributed by atoms with Gasteiger partial charge in [-0.3, -0.25) is 10.1 Å². The highest BCUT2D eigenvalue weighted by molar-refractivity contribution is 5.42. The van der Waals surface area contributed by atoms with Gasteiger partial charge in [-0.25, -0.2) is 4.98 Å². The Labute approximate surface area is 110 Å². The van der Waals surface area contributed by atoms with Crippen molar-refractivity contribution in [2.24, 2.45) is 5.73 Å². The van der Waals surface area contributed by atoms with Gasteiger partial charge in [0.2, 0.25) is 5.88 Å². The SMILES string of the molecule is Cc1cnc(Oc2ccc(CN)cc2)cc1[N+](=O)[O-]. The van der Waals surface area contributed by atoms with Crippen molar-refractivity contribution in [2.75, 3.05) is 0 Å². The second kappa shape index (κ2) is 5.45. The topological polar surface area (TPSA) is 91.3 Å². The van der Waals surface area contributed by atoms with Gasteiger partial charge in [-0.05, 0) is 24.6 Å². The number of aromatic nitrogens is 1. The van der Waals surface area contributed by atoms with Gasteiger partial charge in [0.15, 0.2) is 0 Å². The second-order valence-corrected chi connectivity index (χ2v) is 4.02. The van der Waals surface area contributed by atoms with Crippen molar-refractivity contribution in [3.8, 4) is 11.6 Å². The molecule has 0 bridgehead atoms. The molecule has 1 heterocycles. The van der Waals surface area contributed by atoms with Gasteiger partial charge < -0.3 is 10.5 Å². The predicted octanol–water partition coefficient (Wildman–Crippen LogP) is 2.55. The lowest BCUT2D eigenvalue weighted by Gasteiger charge is -2.06. The van der Waals surface area contributed by atoms with Gasteiger partial charge in [-0.1, -0.05) is 12.1 Å². The van der Waals surface area contributed by atoms with Crippen LogP contribution in [0.25, 0.3) is 0 Å². The zero-order chi connectivity index (χ0) is 13.8. The van der Waals surface area contributed by atoms with E-state index in [0.717, 1.165) is 5.56 Å². The first kappa shape index (κ1) is 13.0. The molecule has 0 unspecified atom stereocenters. The largest absolute Gasteiger partial charge is 0.439 e. The van der Waals surface area contributed by atoms with E-state index in [1.54, 1.807) is 19.1 Å². The van der Waals surface area contributed by atoms with Gasteiger partial charge in [-0.15, -0.1) is 0 Å². The smallest absolute Gasteiger partial charge is 0.279 e. The van der Waals surface area contributed by atoms with E-state index in [1.807, 2.05) is 12.1 Å². The first-order valence-electron chi connectivity index (χ1n) is 5.68. The fourth-order valence-corrected chi connectivity index (χ4v) is 1.56. The van der Waals surface area contributed by atoms with E-state index in [1.165, 1.54) is 12.3 Å². The van der Waals surface area contributed by atoms with Gasteiger partial charge in [0.1, 0.15) is 5.75 Å². The number of nitro groups is 1. The molecule has 2 rings (SSSR count). The molecule has 1 aromatic carbocycles. The van der Waals surface area contributed by atoms with E-state index >= 15 is 0 Å². The Bertz CT molecular complexity index is 597. The Balaban J connectivity index is 2.22. The van der Waals surface area contributed by atoms with Crippen LogP contribution in [0.5, 0.6) is 11.6 Å². The summed E-state index contributed by atoms with van der Waals surface area (Å²) in [6, 6.07) is 8.47. The number of hydrogen-bond acceptors (Lipinski definition) is 5. The van der Waals surface area contributed by atoms with E-state index in [2.05, 4.69) is 4.98 Å². The molecule has 0 aliphatic rings. The molecular weight excluding hydrogens is 246 g/mol. The van der Waals surface area contributed by atoms with Crippen LogP contribution in [0.4, 0.5) is 5.69 Å². The van der Waals surface area contributed by atoms with E-state index in [-0.39, 0.29) is 11.6 Å². The second-order valence-electron chi connectivity index (χ2n) is 4.02.